The van der Waals surface area contributed by atoms with Crippen molar-refractivity contribution in [3.8, 4) is 0 Å². The summed E-state index contributed by atoms with van der Waals surface area (Å²) in [6.45, 7) is 8.03. The molecule has 262 valence electrons. The molecule has 3 fully saturated rings. The quantitative estimate of drug-likeness (QED) is 0.179. The molecule has 4 unspecified atom stereocenters. The summed E-state index contributed by atoms with van der Waals surface area (Å²) in [5.74, 6) is -3.75. The average molecular weight is 683 g/mol. The zero-order chi connectivity index (χ0) is 35.9. The molecular weight excluding hydrogens is 640 g/mol. The zero-order valence-electron chi connectivity index (χ0n) is 28.7. The molecule has 3 aromatic rings. The Balaban J connectivity index is 1.54. The Kier molecular flexibility index (Phi) is 9.22. The van der Waals surface area contributed by atoms with Gasteiger partial charge in [0.25, 0.3) is 0 Å². The number of aliphatic hydroxyl groups is 1. The van der Waals surface area contributed by atoms with Crippen LogP contribution in [0.1, 0.15) is 73.7 Å². The normalized spacial score (nSPS) is 32.4. The number of ether oxygens (including phenoxy) is 5. The first-order valence-corrected chi connectivity index (χ1v) is 16.8. The van der Waals surface area contributed by atoms with Gasteiger partial charge in [0.1, 0.15) is 23.9 Å². The molecule has 1 saturated heterocycles. The van der Waals surface area contributed by atoms with Crippen LogP contribution in [0.4, 0.5) is 0 Å². The molecule has 1 heterocycles. The zero-order valence-corrected chi connectivity index (χ0v) is 28.7. The van der Waals surface area contributed by atoms with Crippen LogP contribution in [0, 0.1) is 11.3 Å². The van der Waals surface area contributed by atoms with Crippen LogP contribution in [0.3, 0.4) is 0 Å². The van der Waals surface area contributed by atoms with Crippen LogP contribution in [0.5, 0.6) is 0 Å². The van der Waals surface area contributed by atoms with E-state index in [4.69, 9.17) is 23.7 Å². The number of hydrogen-bond acceptors (Lipinski definition) is 10. The van der Waals surface area contributed by atoms with Gasteiger partial charge in [-0.3, -0.25) is 4.79 Å². The SMILES string of the molecule is CC(=O)OC1CC[C@@](C)(O)[C@]23OC(C)(C)[C@H](C(OC(=O)/C=C/c4ccccc4)C(OC(=O)c4ccccc4)[C@]12C)C3OC(=O)c1ccccc1. The summed E-state index contributed by atoms with van der Waals surface area (Å²) >= 11 is 0. The third kappa shape index (κ3) is 5.90. The summed E-state index contributed by atoms with van der Waals surface area (Å²) in [6, 6.07) is 25.9. The summed E-state index contributed by atoms with van der Waals surface area (Å²) in [7, 11) is 0. The molecule has 1 N–H and O–H groups in total. The third-order valence-electron chi connectivity index (χ3n) is 10.6. The molecule has 3 aromatic carbocycles. The highest BCUT2D eigenvalue weighted by molar-refractivity contribution is 5.90. The van der Waals surface area contributed by atoms with Gasteiger partial charge >= 0.3 is 23.9 Å². The molecule has 0 amide bonds. The molecule has 6 rings (SSSR count). The fraction of sp³-hybridized carbons (Fsp3) is 0.400. The van der Waals surface area contributed by atoms with E-state index in [2.05, 4.69) is 0 Å². The third-order valence-corrected chi connectivity index (χ3v) is 10.6. The summed E-state index contributed by atoms with van der Waals surface area (Å²) in [4.78, 5) is 54.2. The first-order valence-electron chi connectivity index (χ1n) is 16.8. The lowest BCUT2D eigenvalue weighted by Crippen LogP contribution is -2.81. The van der Waals surface area contributed by atoms with Gasteiger partial charge in [-0.15, -0.1) is 0 Å². The minimum atomic E-state index is -1.82. The maximum absolute atomic E-state index is 13.9. The van der Waals surface area contributed by atoms with Gasteiger partial charge in [-0.2, -0.15) is 0 Å². The van der Waals surface area contributed by atoms with Crippen molar-refractivity contribution in [3.63, 3.8) is 0 Å². The molecule has 10 nitrogen and oxygen atoms in total. The molecule has 1 aliphatic heterocycles. The van der Waals surface area contributed by atoms with Crippen LogP contribution < -0.4 is 0 Å². The second-order valence-electron chi connectivity index (χ2n) is 14.2. The number of carbonyl (C=O) groups excluding carboxylic acids is 4. The van der Waals surface area contributed by atoms with Crippen molar-refractivity contribution in [3.05, 3.63) is 114 Å². The van der Waals surface area contributed by atoms with Gasteiger partial charge < -0.3 is 28.8 Å². The Bertz CT molecular complexity index is 1770. The van der Waals surface area contributed by atoms with Crippen molar-refractivity contribution in [1.29, 1.82) is 0 Å². The van der Waals surface area contributed by atoms with Gasteiger partial charge in [0.2, 0.25) is 0 Å². The molecule has 50 heavy (non-hydrogen) atoms. The topological polar surface area (TPSA) is 135 Å². The van der Waals surface area contributed by atoms with Crippen LogP contribution in [0.15, 0.2) is 97.1 Å². The number of hydrogen-bond donors (Lipinski definition) is 1. The van der Waals surface area contributed by atoms with E-state index in [-0.39, 0.29) is 24.0 Å². The van der Waals surface area contributed by atoms with Crippen LogP contribution in [0.25, 0.3) is 6.08 Å². The van der Waals surface area contributed by atoms with E-state index in [1.807, 2.05) is 30.3 Å². The van der Waals surface area contributed by atoms with Gasteiger partial charge in [-0.1, -0.05) is 66.7 Å². The monoisotopic (exact) mass is 682 g/mol. The number of rotatable bonds is 8. The lowest BCUT2D eigenvalue weighted by molar-refractivity contribution is -0.334. The van der Waals surface area contributed by atoms with Crippen LogP contribution in [-0.4, -0.2) is 70.2 Å². The van der Waals surface area contributed by atoms with Crippen molar-refractivity contribution >= 4 is 30.0 Å². The molecule has 10 heteroatoms. The predicted octanol–water partition coefficient (Wildman–Crippen LogP) is 5.72. The molecule has 3 aliphatic rings. The summed E-state index contributed by atoms with van der Waals surface area (Å²) in [5.41, 5.74) is -5.17. The van der Waals surface area contributed by atoms with E-state index in [1.165, 1.54) is 13.0 Å². The number of esters is 4. The highest BCUT2D eigenvalue weighted by atomic mass is 16.6. The standard InChI is InChI=1S/C40H42O10/c1-25(41)46-29-23-24-38(4,45)40-33(48-35(43)27-17-11-7-12-18-27)31(37(2,3)50-40)32(47-30(42)22-21-26-15-9-6-10-16-26)34(39(29,40)5)49-36(44)28-19-13-8-14-20-28/h6-22,29,31-34,45H,23-24H2,1-5H3/b22-21+/t29?,31-,32?,33?,34?,38-,39+,40+/m1/s1. The minimum absolute atomic E-state index is 0.0896. The van der Waals surface area contributed by atoms with Crippen LogP contribution in [-0.2, 0) is 33.3 Å². The molecule has 2 saturated carbocycles. The van der Waals surface area contributed by atoms with E-state index in [9.17, 15) is 24.3 Å². The Hall–Kier alpha value is -4.80. The van der Waals surface area contributed by atoms with E-state index in [1.54, 1.807) is 94.4 Å². The Labute approximate surface area is 291 Å². The smallest absolute Gasteiger partial charge is 0.338 e. The van der Waals surface area contributed by atoms with Crippen molar-refractivity contribution in [2.75, 3.05) is 0 Å². The summed E-state index contributed by atoms with van der Waals surface area (Å²) < 4.78 is 32.0. The molecule has 1 spiro atoms. The lowest BCUT2D eigenvalue weighted by atomic mass is 9.47. The number of benzene rings is 3. The average Bonchev–Trinajstić information content (AvgIpc) is 3.30. The first-order chi connectivity index (χ1) is 23.7. The summed E-state index contributed by atoms with van der Waals surface area (Å²) in [6.07, 6.45) is -1.83. The van der Waals surface area contributed by atoms with Gasteiger partial charge in [-0.25, -0.2) is 14.4 Å². The highest BCUT2D eigenvalue weighted by Crippen LogP contribution is 2.69. The Morgan fingerprint density at radius 2 is 1.26 bits per heavy atom. The van der Waals surface area contributed by atoms with E-state index < -0.39 is 76.4 Å². The highest BCUT2D eigenvalue weighted by Gasteiger charge is 2.85. The second kappa shape index (κ2) is 13.2. The maximum Gasteiger partial charge on any atom is 0.338 e. The van der Waals surface area contributed by atoms with Gasteiger partial charge in [0.15, 0.2) is 6.10 Å². The lowest BCUT2D eigenvalue weighted by Gasteiger charge is -2.65. The molecule has 2 bridgehead atoms. The van der Waals surface area contributed by atoms with E-state index >= 15 is 0 Å². The number of carbonyl (C=O) groups is 4. The van der Waals surface area contributed by atoms with Gasteiger partial charge in [-0.05, 0) is 76.4 Å². The first kappa shape index (κ1) is 35.0. The molecule has 8 atom stereocenters. The van der Waals surface area contributed by atoms with Gasteiger partial charge in [0.05, 0.1) is 33.7 Å². The minimum Gasteiger partial charge on any atom is -0.462 e. The summed E-state index contributed by atoms with van der Waals surface area (Å²) in [5, 5.41) is 12.5. The Morgan fingerprint density at radius 3 is 1.80 bits per heavy atom. The molecule has 2 aliphatic carbocycles. The Morgan fingerprint density at radius 1 is 0.740 bits per heavy atom. The van der Waals surface area contributed by atoms with E-state index in [0.29, 0.717) is 0 Å². The van der Waals surface area contributed by atoms with Gasteiger partial charge in [0, 0.05) is 13.0 Å². The molecule has 0 aromatic heterocycles. The van der Waals surface area contributed by atoms with Crippen molar-refractivity contribution < 1.29 is 48.0 Å². The van der Waals surface area contributed by atoms with Crippen molar-refractivity contribution in [2.45, 2.75) is 88.7 Å². The van der Waals surface area contributed by atoms with Crippen LogP contribution in [0.2, 0.25) is 0 Å². The molecular formula is C40H42O10. The van der Waals surface area contributed by atoms with Crippen LogP contribution >= 0.6 is 0 Å². The largest absolute Gasteiger partial charge is 0.462 e. The predicted molar refractivity (Wildman–Crippen MR) is 182 cm³/mol. The van der Waals surface area contributed by atoms with Crippen molar-refractivity contribution in [1.82, 2.24) is 0 Å². The maximum atomic E-state index is 13.9. The fourth-order valence-corrected chi connectivity index (χ4v) is 8.48. The number of fused-ring (bicyclic) bond motifs is 1. The van der Waals surface area contributed by atoms with Crippen molar-refractivity contribution in [2.24, 2.45) is 11.3 Å². The molecule has 0 radical (unpaired) electrons. The van der Waals surface area contributed by atoms with E-state index in [0.717, 1.165) is 5.56 Å². The second-order valence-corrected chi connectivity index (χ2v) is 14.2. The fourth-order valence-electron chi connectivity index (χ4n) is 8.48.